The third-order valence-electron chi connectivity index (χ3n) is 6.14. The van der Waals surface area contributed by atoms with Gasteiger partial charge in [0.25, 0.3) is 0 Å². The van der Waals surface area contributed by atoms with E-state index < -0.39 is 5.97 Å². The third-order valence-corrected chi connectivity index (χ3v) is 6.14. The number of aryl methyl sites for hydroxylation is 1. The van der Waals surface area contributed by atoms with Gasteiger partial charge in [0.1, 0.15) is 11.4 Å². The first-order valence-corrected chi connectivity index (χ1v) is 9.63. The Hall–Kier alpha value is -2.01. The topological polar surface area (TPSA) is 63.5 Å². The summed E-state index contributed by atoms with van der Waals surface area (Å²) in [6.45, 7) is 7.80. The van der Waals surface area contributed by atoms with Crippen molar-refractivity contribution in [2.75, 3.05) is 7.11 Å². The normalized spacial score (nSPS) is 23.3. The molecular formula is C21H30N2O3. The van der Waals surface area contributed by atoms with Crippen molar-refractivity contribution in [1.82, 2.24) is 9.88 Å². The number of carbonyl (C=O) groups is 1. The zero-order valence-electron chi connectivity index (χ0n) is 16.2. The predicted octanol–water partition coefficient (Wildman–Crippen LogP) is 4.28. The molecule has 0 saturated heterocycles. The summed E-state index contributed by atoms with van der Waals surface area (Å²) in [6.07, 6.45) is 3.69. The lowest BCUT2D eigenvalue weighted by molar-refractivity contribution is 0.0684. The van der Waals surface area contributed by atoms with E-state index in [1.807, 2.05) is 29.7 Å². The number of hydrogen-bond donors (Lipinski definition) is 2. The molecule has 1 heterocycles. The van der Waals surface area contributed by atoms with E-state index in [-0.39, 0.29) is 0 Å². The summed E-state index contributed by atoms with van der Waals surface area (Å²) >= 11 is 0. The summed E-state index contributed by atoms with van der Waals surface area (Å²) in [7, 11) is 1.63. The van der Waals surface area contributed by atoms with Crippen LogP contribution in [0.15, 0.2) is 18.2 Å². The Morgan fingerprint density at radius 2 is 2.12 bits per heavy atom. The molecule has 1 aliphatic carbocycles. The van der Waals surface area contributed by atoms with Gasteiger partial charge in [0, 0.05) is 36.1 Å². The molecule has 0 aliphatic heterocycles. The second-order valence-electron chi connectivity index (χ2n) is 7.51. The molecule has 0 amide bonds. The molecule has 1 aromatic heterocycles. The highest BCUT2D eigenvalue weighted by Gasteiger charge is 2.28. The number of benzene rings is 1. The average molecular weight is 358 g/mol. The summed E-state index contributed by atoms with van der Waals surface area (Å²) in [5.74, 6) is 1.19. The van der Waals surface area contributed by atoms with Crippen LogP contribution < -0.4 is 10.1 Å². The molecule has 1 aromatic carbocycles. The van der Waals surface area contributed by atoms with Crippen molar-refractivity contribution in [3.63, 3.8) is 0 Å². The molecule has 1 saturated carbocycles. The number of aromatic nitrogens is 1. The standard InChI is InChI=1S/C21H30N2O3/c1-5-23-19-11-15(26-4)9-10-16(19)17(20(23)21(24)25)12-22-18-8-6-7-13(2)14(18)3/h9-11,13-14,18,22H,5-8,12H2,1-4H3,(H,24,25)/t13-,14+,18-/m1/s1. The summed E-state index contributed by atoms with van der Waals surface area (Å²) in [5.41, 5.74) is 2.19. The first-order valence-electron chi connectivity index (χ1n) is 9.63. The van der Waals surface area contributed by atoms with E-state index >= 15 is 0 Å². The van der Waals surface area contributed by atoms with E-state index in [9.17, 15) is 9.90 Å². The molecule has 26 heavy (non-hydrogen) atoms. The maximum atomic E-state index is 12.0. The van der Waals surface area contributed by atoms with Crippen molar-refractivity contribution >= 4 is 16.9 Å². The van der Waals surface area contributed by atoms with E-state index in [1.165, 1.54) is 12.8 Å². The molecule has 1 aliphatic rings. The van der Waals surface area contributed by atoms with E-state index in [2.05, 4.69) is 19.2 Å². The molecule has 1 fully saturated rings. The summed E-state index contributed by atoms with van der Waals surface area (Å²) in [5, 5.41) is 14.5. The summed E-state index contributed by atoms with van der Waals surface area (Å²) in [6, 6.07) is 6.26. The molecule has 2 N–H and O–H groups in total. The minimum absolute atomic E-state index is 0.389. The highest BCUT2D eigenvalue weighted by Crippen LogP contribution is 2.32. The molecule has 0 bridgehead atoms. The zero-order valence-corrected chi connectivity index (χ0v) is 16.2. The van der Waals surface area contributed by atoms with Crippen LogP contribution >= 0.6 is 0 Å². The molecule has 5 heteroatoms. The number of nitrogens with zero attached hydrogens (tertiary/aromatic N) is 1. The van der Waals surface area contributed by atoms with Gasteiger partial charge in [0.05, 0.1) is 12.6 Å². The smallest absolute Gasteiger partial charge is 0.352 e. The summed E-state index contributed by atoms with van der Waals surface area (Å²) < 4.78 is 7.22. The lowest BCUT2D eigenvalue weighted by Gasteiger charge is -2.34. The van der Waals surface area contributed by atoms with Crippen molar-refractivity contribution in [2.45, 2.75) is 59.2 Å². The number of rotatable bonds is 6. The number of carboxylic acids is 1. The number of methoxy groups -OCH3 is 1. The fourth-order valence-electron chi connectivity index (χ4n) is 4.38. The van der Waals surface area contributed by atoms with Gasteiger partial charge in [-0.1, -0.05) is 26.7 Å². The van der Waals surface area contributed by atoms with Crippen LogP contribution in [0.2, 0.25) is 0 Å². The Labute approximate surface area is 155 Å². The minimum atomic E-state index is -0.871. The maximum absolute atomic E-state index is 12.0. The lowest BCUT2D eigenvalue weighted by Crippen LogP contribution is -2.40. The fourth-order valence-corrected chi connectivity index (χ4v) is 4.38. The Morgan fingerprint density at radius 1 is 1.35 bits per heavy atom. The van der Waals surface area contributed by atoms with Crippen molar-refractivity contribution in [3.8, 4) is 5.75 Å². The molecule has 0 spiro atoms. The number of fused-ring (bicyclic) bond motifs is 1. The maximum Gasteiger partial charge on any atom is 0.352 e. The van der Waals surface area contributed by atoms with Crippen LogP contribution in [0.1, 0.15) is 56.1 Å². The van der Waals surface area contributed by atoms with E-state index in [1.54, 1.807) is 7.11 Å². The number of nitrogens with one attached hydrogen (secondary N) is 1. The van der Waals surface area contributed by atoms with Crippen LogP contribution in [0.5, 0.6) is 5.75 Å². The monoisotopic (exact) mass is 358 g/mol. The Bertz CT molecular complexity index is 796. The lowest BCUT2D eigenvalue weighted by atomic mass is 9.78. The van der Waals surface area contributed by atoms with Crippen LogP contribution in [-0.2, 0) is 13.1 Å². The molecule has 2 aromatic rings. The van der Waals surface area contributed by atoms with Gasteiger partial charge in [-0.05, 0) is 37.3 Å². The van der Waals surface area contributed by atoms with E-state index in [0.29, 0.717) is 36.7 Å². The molecular weight excluding hydrogens is 328 g/mol. The minimum Gasteiger partial charge on any atom is -0.497 e. The van der Waals surface area contributed by atoms with Crippen molar-refractivity contribution in [1.29, 1.82) is 0 Å². The number of ether oxygens (including phenoxy) is 1. The summed E-state index contributed by atoms with van der Waals surface area (Å²) in [4.78, 5) is 12.0. The van der Waals surface area contributed by atoms with Crippen LogP contribution in [0.25, 0.3) is 10.9 Å². The average Bonchev–Trinajstić information content (AvgIpc) is 2.95. The van der Waals surface area contributed by atoms with Gasteiger partial charge >= 0.3 is 5.97 Å². The van der Waals surface area contributed by atoms with E-state index in [4.69, 9.17) is 4.74 Å². The molecule has 3 rings (SSSR count). The van der Waals surface area contributed by atoms with Gasteiger partial charge < -0.3 is 19.7 Å². The van der Waals surface area contributed by atoms with Crippen molar-refractivity contribution < 1.29 is 14.6 Å². The van der Waals surface area contributed by atoms with Crippen LogP contribution in [0.4, 0.5) is 0 Å². The van der Waals surface area contributed by atoms with Gasteiger partial charge in [-0.2, -0.15) is 0 Å². The second kappa shape index (κ2) is 7.70. The Morgan fingerprint density at radius 3 is 2.77 bits per heavy atom. The first-order chi connectivity index (χ1) is 12.5. The number of aromatic carboxylic acids is 1. The quantitative estimate of drug-likeness (QED) is 0.809. The molecule has 0 unspecified atom stereocenters. The fraction of sp³-hybridized carbons (Fsp3) is 0.571. The highest BCUT2D eigenvalue weighted by molar-refractivity contribution is 5.98. The SMILES string of the molecule is CCn1c(C(=O)O)c(CN[C@@H]2CCC[C@@H](C)[C@@H]2C)c2ccc(OC)cc21. The molecule has 142 valence electrons. The van der Waals surface area contributed by atoms with Gasteiger partial charge in [0.2, 0.25) is 0 Å². The van der Waals surface area contributed by atoms with Gasteiger partial charge in [-0.25, -0.2) is 4.79 Å². The van der Waals surface area contributed by atoms with Crippen LogP contribution in [-0.4, -0.2) is 28.8 Å². The molecule has 3 atom stereocenters. The third kappa shape index (κ3) is 3.32. The van der Waals surface area contributed by atoms with Crippen LogP contribution in [0.3, 0.4) is 0 Å². The first kappa shape index (κ1) is 18.8. The van der Waals surface area contributed by atoms with Gasteiger partial charge in [-0.3, -0.25) is 0 Å². The molecule has 5 nitrogen and oxygen atoms in total. The number of hydrogen-bond acceptors (Lipinski definition) is 3. The van der Waals surface area contributed by atoms with Gasteiger partial charge in [0.15, 0.2) is 0 Å². The van der Waals surface area contributed by atoms with Gasteiger partial charge in [-0.15, -0.1) is 0 Å². The van der Waals surface area contributed by atoms with Crippen LogP contribution in [0, 0.1) is 11.8 Å². The van der Waals surface area contributed by atoms with E-state index in [0.717, 1.165) is 28.6 Å². The predicted molar refractivity (Wildman–Crippen MR) is 104 cm³/mol. The van der Waals surface area contributed by atoms with Crippen molar-refractivity contribution in [2.24, 2.45) is 11.8 Å². The Balaban J connectivity index is 1.98. The van der Waals surface area contributed by atoms with Crippen molar-refractivity contribution in [3.05, 3.63) is 29.5 Å². The highest BCUT2D eigenvalue weighted by atomic mass is 16.5. The zero-order chi connectivity index (χ0) is 18.8. The Kier molecular flexibility index (Phi) is 5.56. The molecule has 0 radical (unpaired) electrons. The largest absolute Gasteiger partial charge is 0.497 e. The number of carboxylic acid groups (broad SMARTS) is 1. The second-order valence-corrected chi connectivity index (χ2v) is 7.51.